The van der Waals surface area contributed by atoms with E-state index in [4.69, 9.17) is 0 Å². The monoisotopic (exact) mass is 234 g/mol. The van der Waals surface area contributed by atoms with Crippen LogP contribution >= 0.6 is 0 Å². The first-order valence-corrected chi connectivity index (χ1v) is 6.35. The lowest BCUT2D eigenvalue weighted by atomic mass is 10.2. The summed E-state index contributed by atoms with van der Waals surface area (Å²) in [4.78, 5) is 9.03. The molecule has 0 spiro atoms. The van der Waals surface area contributed by atoms with Gasteiger partial charge in [0.05, 0.1) is 0 Å². The lowest BCUT2D eigenvalue weighted by molar-refractivity contribution is 0.202. The van der Waals surface area contributed by atoms with Crippen LogP contribution in [0.4, 0.5) is 0 Å². The van der Waals surface area contributed by atoms with Crippen molar-refractivity contribution < 1.29 is 0 Å². The van der Waals surface area contributed by atoms with E-state index in [-0.39, 0.29) is 0 Å². The number of pyridine rings is 1. The highest BCUT2D eigenvalue weighted by molar-refractivity contribution is 5.07. The van der Waals surface area contributed by atoms with E-state index in [1.54, 1.807) is 0 Å². The van der Waals surface area contributed by atoms with Gasteiger partial charge in [-0.3, -0.25) is 9.88 Å². The highest BCUT2D eigenvalue weighted by Crippen LogP contribution is 2.01. The number of hydrogen-bond acceptors (Lipinski definition) is 4. The Hall–Kier alpha value is -0.970. The van der Waals surface area contributed by atoms with Crippen molar-refractivity contribution in [3.8, 4) is 0 Å². The second kappa shape index (κ2) is 6.69. The summed E-state index contributed by atoms with van der Waals surface area (Å²) in [7, 11) is 2.18. The highest BCUT2D eigenvalue weighted by atomic mass is 15.2. The van der Waals surface area contributed by atoms with Gasteiger partial charge in [-0.05, 0) is 18.7 Å². The van der Waals surface area contributed by atoms with Gasteiger partial charge in [0, 0.05) is 58.2 Å². The second-order valence-corrected chi connectivity index (χ2v) is 4.69. The average Bonchev–Trinajstić information content (AvgIpc) is 2.39. The molecule has 0 aromatic carbocycles. The third kappa shape index (κ3) is 4.42. The third-order valence-electron chi connectivity index (χ3n) is 3.18. The molecule has 0 saturated carbocycles. The highest BCUT2D eigenvalue weighted by Gasteiger charge is 2.09. The Bertz CT molecular complexity index is 308. The third-order valence-corrected chi connectivity index (χ3v) is 3.18. The maximum absolute atomic E-state index is 4.14. The van der Waals surface area contributed by atoms with Crippen molar-refractivity contribution in [2.45, 2.75) is 6.54 Å². The van der Waals surface area contributed by atoms with E-state index in [9.17, 15) is 0 Å². The Kier molecular flexibility index (Phi) is 4.91. The van der Waals surface area contributed by atoms with Crippen LogP contribution < -0.4 is 5.32 Å². The van der Waals surface area contributed by atoms with Crippen LogP contribution in [0.15, 0.2) is 24.5 Å². The molecular weight excluding hydrogens is 212 g/mol. The first kappa shape index (κ1) is 12.5. The van der Waals surface area contributed by atoms with Crippen molar-refractivity contribution in [3.63, 3.8) is 0 Å². The number of likely N-dealkylation sites (N-methyl/N-ethyl adjacent to an activating group) is 1. The number of piperazine rings is 1. The van der Waals surface area contributed by atoms with Gasteiger partial charge in [0.1, 0.15) is 0 Å². The Labute approximate surface area is 104 Å². The lowest BCUT2D eigenvalue weighted by Gasteiger charge is -2.29. The summed E-state index contributed by atoms with van der Waals surface area (Å²) in [6.45, 7) is 7.90. The van der Waals surface area contributed by atoms with E-state index >= 15 is 0 Å². The van der Waals surface area contributed by atoms with Crippen LogP contribution in [0.1, 0.15) is 5.56 Å². The first-order chi connectivity index (χ1) is 8.34. The first-order valence-electron chi connectivity index (χ1n) is 6.35. The Balaban J connectivity index is 1.68. The molecule has 0 unspecified atom stereocenters. The maximum atomic E-state index is 4.14. The molecular formula is C13H22N4. The predicted octanol–water partition coefficient (Wildman–Crippen LogP) is 0.419. The lowest BCUT2D eigenvalue weighted by Crippen LogP contribution is -2.45. The van der Waals surface area contributed by atoms with E-state index in [0.717, 1.165) is 26.2 Å². The molecule has 0 radical (unpaired) electrons. The molecule has 1 N–H and O–H groups in total. The average molecular weight is 234 g/mol. The van der Waals surface area contributed by atoms with Crippen molar-refractivity contribution in [3.05, 3.63) is 30.1 Å². The molecule has 0 atom stereocenters. The van der Waals surface area contributed by atoms with Crippen LogP contribution in [0.3, 0.4) is 0 Å². The quantitative estimate of drug-likeness (QED) is 0.800. The van der Waals surface area contributed by atoms with E-state index < -0.39 is 0 Å². The molecule has 0 amide bonds. The molecule has 4 heteroatoms. The van der Waals surface area contributed by atoms with E-state index in [1.807, 2.05) is 18.5 Å². The van der Waals surface area contributed by atoms with Crippen molar-refractivity contribution >= 4 is 0 Å². The smallest absolute Gasteiger partial charge is 0.0312 e. The maximum Gasteiger partial charge on any atom is 0.0312 e. The van der Waals surface area contributed by atoms with Gasteiger partial charge in [-0.15, -0.1) is 0 Å². The van der Waals surface area contributed by atoms with Gasteiger partial charge < -0.3 is 10.2 Å². The summed E-state index contributed by atoms with van der Waals surface area (Å²) in [5, 5.41) is 3.38. The van der Waals surface area contributed by atoms with Crippen LogP contribution in [0.5, 0.6) is 0 Å². The molecule has 4 nitrogen and oxygen atoms in total. The van der Waals surface area contributed by atoms with E-state index in [0.29, 0.717) is 0 Å². The zero-order chi connectivity index (χ0) is 11.9. The molecule has 1 aromatic rings. The van der Waals surface area contributed by atoms with Crippen molar-refractivity contribution in [1.82, 2.24) is 20.1 Å². The molecule has 94 valence electrons. The summed E-state index contributed by atoms with van der Waals surface area (Å²) in [6, 6.07) is 4.13. The van der Waals surface area contributed by atoms with Gasteiger partial charge in [0.15, 0.2) is 0 Å². The molecule has 1 saturated heterocycles. The number of nitrogens with zero attached hydrogens (tertiary/aromatic N) is 3. The molecule has 1 aromatic heterocycles. The fourth-order valence-electron chi connectivity index (χ4n) is 2.13. The molecule has 2 rings (SSSR count). The van der Waals surface area contributed by atoms with Gasteiger partial charge in [0.25, 0.3) is 0 Å². The molecule has 0 aliphatic carbocycles. The van der Waals surface area contributed by atoms with Gasteiger partial charge in [-0.2, -0.15) is 0 Å². The zero-order valence-corrected chi connectivity index (χ0v) is 10.6. The van der Waals surface area contributed by atoms with Crippen molar-refractivity contribution in [2.75, 3.05) is 46.3 Å². The fraction of sp³-hybridized carbons (Fsp3) is 0.615. The van der Waals surface area contributed by atoms with Crippen LogP contribution in [-0.2, 0) is 6.54 Å². The zero-order valence-electron chi connectivity index (χ0n) is 10.6. The number of aromatic nitrogens is 1. The van der Waals surface area contributed by atoms with Gasteiger partial charge in [0.2, 0.25) is 0 Å². The summed E-state index contributed by atoms with van der Waals surface area (Å²) in [5.74, 6) is 0. The second-order valence-electron chi connectivity index (χ2n) is 4.69. The fourth-order valence-corrected chi connectivity index (χ4v) is 2.13. The molecule has 1 aliphatic heterocycles. The van der Waals surface area contributed by atoms with Crippen LogP contribution in [0.2, 0.25) is 0 Å². The van der Waals surface area contributed by atoms with Crippen molar-refractivity contribution in [2.24, 2.45) is 0 Å². The Morgan fingerprint density at radius 2 is 2.24 bits per heavy atom. The minimum Gasteiger partial charge on any atom is -0.314 e. The summed E-state index contributed by atoms with van der Waals surface area (Å²) in [6.07, 6.45) is 3.77. The molecule has 0 bridgehead atoms. The summed E-state index contributed by atoms with van der Waals surface area (Å²) < 4.78 is 0. The van der Waals surface area contributed by atoms with Crippen molar-refractivity contribution in [1.29, 1.82) is 0 Å². The number of hydrogen-bond donors (Lipinski definition) is 1. The standard InChI is InChI=1S/C13H22N4/c1-16(12-13-3-2-4-15-11-13)9-10-17-7-5-14-6-8-17/h2-4,11,14H,5-10,12H2,1H3. The predicted molar refractivity (Wildman–Crippen MR) is 69.9 cm³/mol. The van der Waals surface area contributed by atoms with E-state index in [1.165, 1.54) is 25.2 Å². The molecule has 17 heavy (non-hydrogen) atoms. The molecule has 2 heterocycles. The van der Waals surface area contributed by atoms with Gasteiger partial charge in [-0.25, -0.2) is 0 Å². The number of nitrogens with one attached hydrogen (secondary N) is 1. The Morgan fingerprint density at radius 1 is 1.41 bits per heavy atom. The topological polar surface area (TPSA) is 31.4 Å². The van der Waals surface area contributed by atoms with Crippen LogP contribution in [0, 0.1) is 0 Å². The largest absolute Gasteiger partial charge is 0.314 e. The summed E-state index contributed by atoms with van der Waals surface area (Å²) >= 11 is 0. The molecule has 1 aliphatic rings. The minimum absolute atomic E-state index is 0.986. The number of rotatable bonds is 5. The minimum atomic E-state index is 0.986. The SMILES string of the molecule is CN(CCN1CCNCC1)Cc1cccnc1. The normalized spacial score (nSPS) is 17.5. The van der Waals surface area contributed by atoms with Crippen LogP contribution in [0.25, 0.3) is 0 Å². The Morgan fingerprint density at radius 3 is 2.94 bits per heavy atom. The van der Waals surface area contributed by atoms with Gasteiger partial charge in [-0.1, -0.05) is 6.07 Å². The van der Waals surface area contributed by atoms with Gasteiger partial charge >= 0.3 is 0 Å². The molecule has 1 fully saturated rings. The summed E-state index contributed by atoms with van der Waals surface area (Å²) in [5.41, 5.74) is 1.29. The van der Waals surface area contributed by atoms with Crippen LogP contribution in [-0.4, -0.2) is 61.1 Å². The van der Waals surface area contributed by atoms with E-state index in [2.05, 4.69) is 33.2 Å².